The molecule has 1 aromatic rings. The number of rotatable bonds is 2. The molecule has 1 saturated heterocycles. The van der Waals surface area contributed by atoms with Crippen LogP contribution in [0, 0.1) is 5.92 Å². The summed E-state index contributed by atoms with van der Waals surface area (Å²) in [6.45, 7) is 1.36. The zero-order valence-corrected chi connectivity index (χ0v) is 7.76. The maximum absolute atomic E-state index is 10.7. The van der Waals surface area contributed by atoms with Crippen molar-refractivity contribution in [1.29, 1.82) is 0 Å². The highest BCUT2D eigenvalue weighted by atomic mass is 16.4. The van der Waals surface area contributed by atoms with Gasteiger partial charge in [-0.15, -0.1) is 0 Å². The monoisotopic (exact) mass is 192 g/mol. The van der Waals surface area contributed by atoms with Gasteiger partial charge in [0.1, 0.15) is 5.82 Å². The van der Waals surface area contributed by atoms with E-state index in [0.717, 1.165) is 12.4 Å². The average molecular weight is 192 g/mol. The molecule has 0 spiro atoms. The van der Waals surface area contributed by atoms with Gasteiger partial charge in [0.05, 0.1) is 5.92 Å². The number of nitrogens with zero attached hydrogens (tertiary/aromatic N) is 2. The molecule has 0 aromatic carbocycles. The van der Waals surface area contributed by atoms with Gasteiger partial charge in [-0.1, -0.05) is 6.07 Å². The molecule has 1 aromatic heterocycles. The van der Waals surface area contributed by atoms with Crippen molar-refractivity contribution < 1.29 is 9.90 Å². The van der Waals surface area contributed by atoms with Crippen LogP contribution in [0.4, 0.5) is 5.82 Å². The van der Waals surface area contributed by atoms with Gasteiger partial charge >= 0.3 is 5.97 Å². The molecule has 1 atom stereocenters. The first-order chi connectivity index (χ1) is 6.77. The Bertz CT molecular complexity index is 326. The van der Waals surface area contributed by atoms with E-state index >= 15 is 0 Å². The summed E-state index contributed by atoms with van der Waals surface area (Å²) in [6, 6.07) is 5.68. The average Bonchev–Trinajstić information content (AvgIpc) is 2.68. The predicted octanol–water partition coefficient (Wildman–Crippen LogP) is 0.992. The number of carbonyl (C=O) groups is 1. The van der Waals surface area contributed by atoms with Gasteiger partial charge in [0.25, 0.3) is 0 Å². The lowest BCUT2D eigenvalue weighted by Crippen LogP contribution is -2.23. The Morgan fingerprint density at radius 3 is 3.00 bits per heavy atom. The zero-order chi connectivity index (χ0) is 9.97. The molecule has 0 bridgehead atoms. The molecule has 14 heavy (non-hydrogen) atoms. The zero-order valence-electron chi connectivity index (χ0n) is 7.76. The Morgan fingerprint density at radius 1 is 1.57 bits per heavy atom. The smallest absolute Gasteiger partial charge is 0.308 e. The summed E-state index contributed by atoms with van der Waals surface area (Å²) < 4.78 is 0. The van der Waals surface area contributed by atoms with Crippen LogP contribution in [0.2, 0.25) is 0 Å². The molecule has 0 aliphatic carbocycles. The summed E-state index contributed by atoms with van der Waals surface area (Å²) in [5.41, 5.74) is 0. The Kier molecular flexibility index (Phi) is 2.35. The number of hydrogen-bond donors (Lipinski definition) is 1. The van der Waals surface area contributed by atoms with Crippen molar-refractivity contribution in [3.63, 3.8) is 0 Å². The van der Waals surface area contributed by atoms with Crippen LogP contribution in [0.5, 0.6) is 0 Å². The predicted molar refractivity (Wildman–Crippen MR) is 52.2 cm³/mol. The van der Waals surface area contributed by atoms with Crippen molar-refractivity contribution in [3.05, 3.63) is 24.4 Å². The number of aromatic nitrogens is 1. The van der Waals surface area contributed by atoms with Gasteiger partial charge in [0.2, 0.25) is 0 Å². The van der Waals surface area contributed by atoms with Gasteiger partial charge < -0.3 is 10.0 Å². The van der Waals surface area contributed by atoms with Gasteiger partial charge in [0.15, 0.2) is 0 Å². The molecule has 1 aliphatic rings. The lowest BCUT2D eigenvalue weighted by Gasteiger charge is -2.15. The number of aliphatic carboxylic acids is 1. The van der Waals surface area contributed by atoms with Crippen LogP contribution in [0.15, 0.2) is 24.4 Å². The Hall–Kier alpha value is -1.58. The van der Waals surface area contributed by atoms with Gasteiger partial charge in [-0.2, -0.15) is 0 Å². The van der Waals surface area contributed by atoms with E-state index in [2.05, 4.69) is 4.98 Å². The minimum absolute atomic E-state index is 0.239. The first-order valence-corrected chi connectivity index (χ1v) is 4.66. The van der Waals surface area contributed by atoms with Crippen molar-refractivity contribution in [1.82, 2.24) is 4.98 Å². The standard InChI is InChI=1S/C10H12N2O2/c13-10(14)8-4-6-12(7-8)9-3-1-2-5-11-9/h1-3,5,8H,4,6-7H2,(H,13,14)/t8-/m0/s1. The highest BCUT2D eigenvalue weighted by Crippen LogP contribution is 2.21. The van der Waals surface area contributed by atoms with Crippen molar-refractivity contribution >= 4 is 11.8 Å². The SMILES string of the molecule is O=C(O)[C@H]1CCN(c2ccccn2)C1. The number of carboxylic acid groups (broad SMARTS) is 1. The van der Waals surface area contributed by atoms with Crippen molar-refractivity contribution in [2.45, 2.75) is 6.42 Å². The molecule has 2 rings (SSSR count). The summed E-state index contributed by atoms with van der Waals surface area (Å²) >= 11 is 0. The number of hydrogen-bond acceptors (Lipinski definition) is 3. The molecule has 1 fully saturated rings. The Labute approximate surface area is 82.2 Å². The fraction of sp³-hybridized carbons (Fsp3) is 0.400. The molecule has 0 amide bonds. The lowest BCUT2D eigenvalue weighted by atomic mass is 10.1. The largest absolute Gasteiger partial charge is 0.481 e. The van der Waals surface area contributed by atoms with Crippen LogP contribution < -0.4 is 4.90 Å². The minimum atomic E-state index is -0.705. The first kappa shape index (κ1) is 8.99. The van der Waals surface area contributed by atoms with E-state index in [9.17, 15) is 4.79 Å². The quantitative estimate of drug-likeness (QED) is 0.759. The highest BCUT2D eigenvalue weighted by Gasteiger charge is 2.28. The second-order valence-corrected chi connectivity index (χ2v) is 3.46. The van der Waals surface area contributed by atoms with Crippen LogP contribution in [0.25, 0.3) is 0 Å². The first-order valence-electron chi connectivity index (χ1n) is 4.66. The Morgan fingerprint density at radius 2 is 2.43 bits per heavy atom. The van der Waals surface area contributed by atoms with Crippen molar-refractivity contribution in [2.24, 2.45) is 5.92 Å². The molecule has 4 heteroatoms. The van der Waals surface area contributed by atoms with Crippen LogP contribution in [0.3, 0.4) is 0 Å². The molecular formula is C10H12N2O2. The molecule has 74 valence electrons. The molecule has 1 aliphatic heterocycles. The van der Waals surface area contributed by atoms with Crippen molar-refractivity contribution in [3.8, 4) is 0 Å². The summed E-state index contributed by atoms with van der Waals surface area (Å²) in [6.07, 6.45) is 2.44. The Balaban J connectivity index is 2.06. The normalized spacial score (nSPS) is 21.1. The van der Waals surface area contributed by atoms with Gasteiger partial charge in [-0.3, -0.25) is 4.79 Å². The number of carboxylic acids is 1. The maximum Gasteiger partial charge on any atom is 0.308 e. The minimum Gasteiger partial charge on any atom is -0.481 e. The second kappa shape index (κ2) is 3.65. The fourth-order valence-electron chi connectivity index (χ4n) is 1.71. The molecular weight excluding hydrogens is 180 g/mol. The second-order valence-electron chi connectivity index (χ2n) is 3.46. The van der Waals surface area contributed by atoms with Crippen LogP contribution >= 0.6 is 0 Å². The fourth-order valence-corrected chi connectivity index (χ4v) is 1.71. The molecule has 1 N–H and O–H groups in total. The van der Waals surface area contributed by atoms with Crippen LogP contribution in [0.1, 0.15) is 6.42 Å². The third kappa shape index (κ3) is 1.69. The summed E-state index contributed by atoms with van der Waals surface area (Å²) in [5, 5.41) is 8.83. The molecule has 2 heterocycles. The van der Waals surface area contributed by atoms with Crippen LogP contribution in [-0.4, -0.2) is 29.1 Å². The summed E-state index contributed by atoms with van der Waals surface area (Å²) in [7, 11) is 0. The third-order valence-corrected chi connectivity index (χ3v) is 2.51. The summed E-state index contributed by atoms with van der Waals surface area (Å²) in [4.78, 5) is 16.9. The van der Waals surface area contributed by atoms with E-state index in [4.69, 9.17) is 5.11 Å². The number of anilines is 1. The highest BCUT2D eigenvalue weighted by molar-refractivity contribution is 5.71. The number of pyridine rings is 1. The molecule has 0 radical (unpaired) electrons. The van der Waals surface area contributed by atoms with E-state index in [1.54, 1.807) is 6.20 Å². The summed E-state index contributed by atoms with van der Waals surface area (Å²) in [5.74, 6) is -0.0725. The van der Waals surface area contributed by atoms with Gasteiger partial charge in [-0.05, 0) is 18.6 Å². The van der Waals surface area contributed by atoms with Gasteiger partial charge in [0, 0.05) is 19.3 Å². The van der Waals surface area contributed by atoms with E-state index in [0.29, 0.717) is 13.0 Å². The van der Waals surface area contributed by atoms with E-state index in [1.165, 1.54) is 0 Å². The maximum atomic E-state index is 10.7. The van der Waals surface area contributed by atoms with E-state index < -0.39 is 5.97 Å². The molecule has 0 unspecified atom stereocenters. The van der Waals surface area contributed by atoms with Crippen molar-refractivity contribution in [2.75, 3.05) is 18.0 Å². The van der Waals surface area contributed by atoms with Crippen LogP contribution in [-0.2, 0) is 4.79 Å². The van der Waals surface area contributed by atoms with Gasteiger partial charge in [-0.25, -0.2) is 4.98 Å². The van der Waals surface area contributed by atoms with E-state index in [1.807, 2.05) is 23.1 Å². The third-order valence-electron chi connectivity index (χ3n) is 2.51. The molecule has 0 saturated carbocycles. The topological polar surface area (TPSA) is 53.4 Å². The van der Waals surface area contributed by atoms with E-state index in [-0.39, 0.29) is 5.92 Å². The lowest BCUT2D eigenvalue weighted by molar-refractivity contribution is -0.140. The molecule has 4 nitrogen and oxygen atoms in total.